The van der Waals surface area contributed by atoms with Gasteiger partial charge in [-0.25, -0.2) is 13.5 Å². The minimum absolute atomic E-state index is 0.0269. The standard InChI is InChI=1S/C18H23N3O5S/c1-4-17(18(22)20(2)23)21(13-14-6-5-11-19-12-14)27(24,25)16-9-7-15(26-3)8-10-16/h5-12,17,23H,4,13H2,1-3H3/t17-/m1/s1. The number of benzene rings is 1. The number of rotatable bonds is 8. The van der Waals surface area contributed by atoms with Crippen molar-refractivity contribution in [3.63, 3.8) is 0 Å². The Morgan fingerprint density at radius 1 is 1.26 bits per heavy atom. The largest absolute Gasteiger partial charge is 0.497 e. The van der Waals surface area contributed by atoms with Gasteiger partial charge in [0.05, 0.1) is 12.0 Å². The van der Waals surface area contributed by atoms with Crippen molar-refractivity contribution in [3.05, 3.63) is 54.4 Å². The summed E-state index contributed by atoms with van der Waals surface area (Å²) >= 11 is 0. The third-order valence-corrected chi connectivity index (χ3v) is 5.93. The number of hydrogen-bond donors (Lipinski definition) is 1. The van der Waals surface area contributed by atoms with E-state index in [2.05, 4.69) is 4.98 Å². The van der Waals surface area contributed by atoms with Crippen molar-refractivity contribution in [3.8, 4) is 5.75 Å². The van der Waals surface area contributed by atoms with Crippen molar-refractivity contribution in [2.24, 2.45) is 0 Å². The lowest BCUT2D eigenvalue weighted by molar-refractivity contribution is -0.164. The molecule has 0 bridgehead atoms. The Hall–Kier alpha value is -2.49. The van der Waals surface area contributed by atoms with Gasteiger partial charge in [0.25, 0.3) is 5.91 Å². The zero-order valence-corrected chi connectivity index (χ0v) is 16.3. The molecule has 0 aliphatic rings. The van der Waals surface area contributed by atoms with Crippen LogP contribution >= 0.6 is 0 Å². The molecule has 27 heavy (non-hydrogen) atoms. The number of carbonyl (C=O) groups excluding carboxylic acids is 1. The van der Waals surface area contributed by atoms with Crippen LogP contribution in [0.4, 0.5) is 0 Å². The van der Waals surface area contributed by atoms with Crippen LogP contribution in [0.5, 0.6) is 5.75 Å². The lowest BCUT2D eigenvalue weighted by Crippen LogP contribution is -2.48. The molecule has 1 N–H and O–H groups in total. The number of hydroxylamine groups is 2. The average Bonchev–Trinajstić information content (AvgIpc) is 2.68. The van der Waals surface area contributed by atoms with E-state index >= 15 is 0 Å². The molecule has 1 amide bonds. The first kappa shape index (κ1) is 20.8. The van der Waals surface area contributed by atoms with Crippen LogP contribution in [0.2, 0.25) is 0 Å². The van der Waals surface area contributed by atoms with E-state index < -0.39 is 22.0 Å². The van der Waals surface area contributed by atoms with Gasteiger partial charge < -0.3 is 4.74 Å². The Morgan fingerprint density at radius 3 is 2.41 bits per heavy atom. The molecule has 8 nitrogen and oxygen atoms in total. The number of hydrogen-bond acceptors (Lipinski definition) is 6. The van der Waals surface area contributed by atoms with E-state index in [9.17, 15) is 18.4 Å². The highest BCUT2D eigenvalue weighted by Crippen LogP contribution is 2.25. The third kappa shape index (κ3) is 4.82. The Morgan fingerprint density at radius 2 is 1.93 bits per heavy atom. The highest BCUT2D eigenvalue weighted by atomic mass is 32.2. The van der Waals surface area contributed by atoms with Gasteiger partial charge in [0.1, 0.15) is 11.8 Å². The molecule has 0 radical (unpaired) electrons. The SMILES string of the molecule is CC[C@H](C(=O)N(C)O)N(Cc1cccnc1)S(=O)(=O)c1ccc(OC)cc1. The van der Waals surface area contributed by atoms with Crippen LogP contribution < -0.4 is 4.74 Å². The number of amides is 1. The molecule has 0 spiro atoms. The van der Waals surface area contributed by atoms with Crippen LogP contribution in [-0.2, 0) is 21.4 Å². The number of aromatic nitrogens is 1. The highest BCUT2D eigenvalue weighted by molar-refractivity contribution is 7.89. The zero-order valence-electron chi connectivity index (χ0n) is 15.4. The fourth-order valence-corrected chi connectivity index (χ4v) is 4.28. The first-order valence-corrected chi connectivity index (χ1v) is 9.76. The minimum atomic E-state index is -4.02. The number of nitrogens with zero attached hydrogens (tertiary/aromatic N) is 3. The molecule has 2 aromatic rings. The average molecular weight is 393 g/mol. The molecule has 1 aromatic carbocycles. The predicted octanol–water partition coefficient (Wildman–Crippen LogP) is 1.91. The molecular weight excluding hydrogens is 370 g/mol. The first-order chi connectivity index (χ1) is 12.8. The van der Waals surface area contributed by atoms with Gasteiger partial charge in [-0.1, -0.05) is 13.0 Å². The molecular formula is C18H23N3O5S. The second-order valence-electron chi connectivity index (χ2n) is 5.87. The number of pyridine rings is 1. The maximum Gasteiger partial charge on any atom is 0.264 e. The van der Waals surface area contributed by atoms with Gasteiger partial charge in [0.15, 0.2) is 0 Å². The summed E-state index contributed by atoms with van der Waals surface area (Å²) in [5.74, 6) is -0.190. The van der Waals surface area contributed by atoms with Gasteiger partial charge in [-0.2, -0.15) is 4.31 Å². The highest BCUT2D eigenvalue weighted by Gasteiger charge is 2.36. The van der Waals surface area contributed by atoms with Gasteiger partial charge >= 0.3 is 0 Å². The van der Waals surface area contributed by atoms with Gasteiger partial charge in [-0.15, -0.1) is 0 Å². The minimum Gasteiger partial charge on any atom is -0.497 e. The smallest absolute Gasteiger partial charge is 0.264 e. The number of methoxy groups -OCH3 is 1. The van der Waals surface area contributed by atoms with Gasteiger partial charge in [0, 0.05) is 26.0 Å². The molecule has 1 aromatic heterocycles. The molecule has 0 aliphatic heterocycles. The van der Waals surface area contributed by atoms with E-state index in [4.69, 9.17) is 4.74 Å². The van der Waals surface area contributed by atoms with Crippen molar-refractivity contribution in [1.82, 2.24) is 14.4 Å². The Bertz CT molecular complexity index is 854. The van der Waals surface area contributed by atoms with E-state index in [0.29, 0.717) is 16.4 Å². The van der Waals surface area contributed by atoms with Crippen LogP contribution in [0.1, 0.15) is 18.9 Å². The van der Waals surface area contributed by atoms with Crippen molar-refractivity contribution < 1.29 is 23.2 Å². The Kier molecular flexibility index (Phi) is 6.89. The normalized spacial score (nSPS) is 12.6. The predicted molar refractivity (Wildman–Crippen MR) is 98.6 cm³/mol. The zero-order chi connectivity index (χ0) is 20.0. The summed E-state index contributed by atoms with van der Waals surface area (Å²) < 4.78 is 32.7. The van der Waals surface area contributed by atoms with Crippen LogP contribution in [0, 0.1) is 0 Å². The summed E-state index contributed by atoms with van der Waals surface area (Å²) in [5, 5.41) is 9.99. The molecule has 1 heterocycles. The summed E-state index contributed by atoms with van der Waals surface area (Å²) in [4.78, 5) is 16.4. The lowest BCUT2D eigenvalue weighted by atomic mass is 10.2. The van der Waals surface area contributed by atoms with E-state index in [1.54, 1.807) is 25.3 Å². The number of likely N-dealkylation sites (N-methyl/N-ethyl adjacent to an activating group) is 1. The van der Waals surface area contributed by atoms with Crippen LogP contribution in [0.3, 0.4) is 0 Å². The van der Waals surface area contributed by atoms with E-state index in [1.165, 1.54) is 44.6 Å². The first-order valence-electron chi connectivity index (χ1n) is 8.32. The van der Waals surface area contributed by atoms with Crippen LogP contribution in [0.25, 0.3) is 0 Å². The summed E-state index contributed by atoms with van der Waals surface area (Å²) in [6.45, 7) is 1.63. The van der Waals surface area contributed by atoms with E-state index in [0.717, 1.165) is 4.31 Å². The number of sulfonamides is 1. The maximum absolute atomic E-state index is 13.3. The van der Waals surface area contributed by atoms with Crippen LogP contribution in [-0.4, -0.2) is 54.1 Å². The van der Waals surface area contributed by atoms with E-state index in [1.807, 2.05) is 0 Å². The lowest BCUT2D eigenvalue weighted by Gasteiger charge is -2.30. The molecule has 1 atom stereocenters. The van der Waals surface area contributed by atoms with Crippen LogP contribution in [0.15, 0.2) is 53.7 Å². The second-order valence-corrected chi connectivity index (χ2v) is 7.76. The van der Waals surface area contributed by atoms with E-state index in [-0.39, 0.29) is 17.9 Å². The summed E-state index contributed by atoms with van der Waals surface area (Å²) in [6.07, 6.45) is 3.31. The molecule has 0 saturated carbocycles. The molecule has 9 heteroatoms. The molecule has 0 fully saturated rings. The molecule has 146 valence electrons. The molecule has 0 aliphatic carbocycles. The summed E-state index contributed by atoms with van der Waals surface area (Å²) in [6, 6.07) is 8.27. The number of carbonyl (C=O) groups is 1. The third-order valence-electron chi connectivity index (χ3n) is 4.07. The fourth-order valence-electron chi connectivity index (χ4n) is 2.63. The quantitative estimate of drug-likeness (QED) is 0.543. The Labute approximate surface area is 159 Å². The second kappa shape index (κ2) is 8.94. The fraction of sp³-hybridized carbons (Fsp3) is 0.333. The number of ether oxygens (including phenoxy) is 1. The topological polar surface area (TPSA) is 100 Å². The van der Waals surface area contributed by atoms with Crippen molar-refractivity contribution in [2.75, 3.05) is 14.2 Å². The van der Waals surface area contributed by atoms with Gasteiger partial charge in [0.2, 0.25) is 10.0 Å². The molecule has 2 rings (SSSR count). The van der Waals surface area contributed by atoms with Crippen molar-refractivity contribution >= 4 is 15.9 Å². The van der Waals surface area contributed by atoms with Crippen molar-refractivity contribution in [1.29, 1.82) is 0 Å². The maximum atomic E-state index is 13.3. The molecule has 0 saturated heterocycles. The summed E-state index contributed by atoms with van der Waals surface area (Å²) in [5.41, 5.74) is 0.626. The van der Waals surface area contributed by atoms with Gasteiger partial charge in [-0.3, -0.25) is 15.0 Å². The Balaban J connectivity index is 2.50. The monoisotopic (exact) mass is 393 g/mol. The van der Waals surface area contributed by atoms with Crippen molar-refractivity contribution in [2.45, 2.75) is 30.8 Å². The summed E-state index contributed by atoms with van der Waals surface area (Å²) in [7, 11) is -1.36. The van der Waals surface area contributed by atoms with Gasteiger partial charge in [-0.05, 0) is 42.3 Å². The molecule has 0 unspecified atom stereocenters.